The highest BCUT2D eigenvalue weighted by Crippen LogP contribution is 2.40. The maximum absolute atomic E-state index is 5.07. The number of fused-ring (bicyclic) bond motifs is 1. The van der Waals surface area contributed by atoms with Gasteiger partial charge < -0.3 is 0 Å². The van der Waals surface area contributed by atoms with Gasteiger partial charge in [-0.25, -0.2) is 0 Å². The molecule has 1 heteroatoms. The van der Waals surface area contributed by atoms with Crippen molar-refractivity contribution in [1.29, 1.82) is 0 Å². The summed E-state index contributed by atoms with van der Waals surface area (Å²) >= 11 is 0. The summed E-state index contributed by atoms with van der Waals surface area (Å²) in [6.45, 7) is 0. The second-order valence-corrected chi connectivity index (χ2v) is 8.82. The molecule has 6 rings (SSSR count). The first-order chi connectivity index (χ1) is 17.9. The summed E-state index contributed by atoms with van der Waals surface area (Å²) in [5, 5.41) is 2.34. The van der Waals surface area contributed by atoms with Gasteiger partial charge in [0, 0.05) is 22.7 Å². The van der Waals surface area contributed by atoms with Crippen molar-refractivity contribution >= 4 is 22.4 Å². The zero-order chi connectivity index (χ0) is 24.2. The van der Waals surface area contributed by atoms with Gasteiger partial charge >= 0.3 is 0 Å². The van der Waals surface area contributed by atoms with E-state index in [-0.39, 0.29) is 0 Å². The largest absolute Gasteiger partial charge is 0.255 e. The average molecular weight is 460 g/mol. The van der Waals surface area contributed by atoms with Crippen LogP contribution >= 0.6 is 0 Å². The van der Waals surface area contributed by atoms with Crippen molar-refractivity contribution in [3.8, 4) is 22.4 Å². The van der Waals surface area contributed by atoms with Crippen LogP contribution in [0, 0.1) is 0 Å². The summed E-state index contributed by atoms with van der Waals surface area (Å²) in [5.74, 6) is 0. The van der Waals surface area contributed by atoms with E-state index >= 15 is 0 Å². The first-order valence-electron chi connectivity index (χ1n) is 12.2. The molecule has 170 valence electrons. The first kappa shape index (κ1) is 21.8. The van der Waals surface area contributed by atoms with Crippen LogP contribution in [0.25, 0.3) is 44.8 Å². The van der Waals surface area contributed by atoms with E-state index in [4.69, 9.17) is 4.98 Å². The summed E-state index contributed by atoms with van der Waals surface area (Å²) in [6.07, 6.45) is 4.27. The lowest BCUT2D eigenvalue weighted by Crippen LogP contribution is -1.97. The summed E-state index contributed by atoms with van der Waals surface area (Å²) in [4.78, 5) is 5.07. The fraction of sp³-hybridized carbons (Fsp3) is 0. The van der Waals surface area contributed by atoms with E-state index in [1.807, 2.05) is 6.20 Å². The molecule has 0 aliphatic rings. The number of benzene rings is 5. The van der Waals surface area contributed by atoms with Crippen LogP contribution in [0.15, 0.2) is 146 Å². The van der Waals surface area contributed by atoms with E-state index in [0.29, 0.717) is 0 Å². The molecular weight excluding hydrogens is 434 g/mol. The minimum atomic E-state index is 0.991. The summed E-state index contributed by atoms with van der Waals surface area (Å²) in [5.41, 5.74) is 9.11. The van der Waals surface area contributed by atoms with Gasteiger partial charge in [-0.15, -0.1) is 0 Å². The third-order valence-electron chi connectivity index (χ3n) is 6.53. The lowest BCUT2D eigenvalue weighted by molar-refractivity contribution is 1.35. The number of pyridine rings is 1. The number of nitrogens with zero attached hydrogens (tertiary/aromatic N) is 1. The van der Waals surface area contributed by atoms with Crippen LogP contribution in [-0.2, 0) is 0 Å². The summed E-state index contributed by atoms with van der Waals surface area (Å²) in [6, 6.07) is 48.9. The Kier molecular flexibility index (Phi) is 5.96. The maximum Gasteiger partial charge on any atom is 0.0793 e. The zero-order valence-electron chi connectivity index (χ0n) is 19.9. The van der Waals surface area contributed by atoms with Crippen molar-refractivity contribution in [2.45, 2.75) is 0 Å². The number of hydrogen-bond acceptors (Lipinski definition) is 1. The minimum absolute atomic E-state index is 0.991. The Morgan fingerprint density at radius 1 is 0.556 bits per heavy atom. The highest BCUT2D eigenvalue weighted by molar-refractivity contribution is 6.05. The first-order valence-corrected chi connectivity index (χ1v) is 12.2. The molecule has 1 nitrogen and oxygen atoms in total. The van der Waals surface area contributed by atoms with Crippen LogP contribution in [0.2, 0.25) is 0 Å². The number of rotatable bonds is 5. The fourth-order valence-electron chi connectivity index (χ4n) is 4.84. The second-order valence-electron chi connectivity index (χ2n) is 8.82. The Bertz CT molecular complexity index is 1650. The highest BCUT2D eigenvalue weighted by atomic mass is 14.7. The quantitative estimate of drug-likeness (QED) is 0.234. The standard InChI is InChI=1S/C35H25N/c1-4-14-26(15-5-1)24-33(27-16-6-2-7-17-27)31-22-12-13-23-32(31)35-34(28-18-8-3-9-19-28)30-21-11-10-20-29(30)25-36-35/h1-25H/b33-24+. The average Bonchev–Trinajstić information content (AvgIpc) is 2.97. The van der Waals surface area contributed by atoms with E-state index in [1.165, 1.54) is 27.6 Å². The molecular formula is C35H25N. The third-order valence-corrected chi connectivity index (χ3v) is 6.53. The fourth-order valence-corrected chi connectivity index (χ4v) is 4.84. The Morgan fingerprint density at radius 2 is 1.17 bits per heavy atom. The van der Waals surface area contributed by atoms with Gasteiger partial charge in [0.2, 0.25) is 0 Å². The molecule has 0 atom stereocenters. The molecule has 0 bridgehead atoms. The van der Waals surface area contributed by atoms with Gasteiger partial charge in [0.15, 0.2) is 0 Å². The van der Waals surface area contributed by atoms with Gasteiger partial charge in [-0.2, -0.15) is 0 Å². The van der Waals surface area contributed by atoms with Gasteiger partial charge in [-0.3, -0.25) is 4.98 Å². The minimum Gasteiger partial charge on any atom is -0.255 e. The van der Waals surface area contributed by atoms with Crippen LogP contribution in [0.5, 0.6) is 0 Å². The number of aromatic nitrogens is 1. The molecule has 36 heavy (non-hydrogen) atoms. The predicted octanol–water partition coefficient (Wildman–Crippen LogP) is 9.16. The van der Waals surface area contributed by atoms with Gasteiger partial charge in [0.1, 0.15) is 0 Å². The molecule has 0 aliphatic carbocycles. The lowest BCUT2D eigenvalue weighted by Gasteiger charge is -2.18. The molecule has 0 N–H and O–H groups in total. The van der Waals surface area contributed by atoms with Crippen molar-refractivity contribution in [3.63, 3.8) is 0 Å². The zero-order valence-corrected chi connectivity index (χ0v) is 19.9. The molecule has 0 aliphatic heterocycles. The SMILES string of the molecule is C(=C(/c1ccccc1)c1ccccc1-c1ncc2ccccc2c1-c1ccccc1)/c1ccccc1. The Hall–Kier alpha value is -4.75. The molecule has 0 fully saturated rings. The molecule has 0 radical (unpaired) electrons. The monoisotopic (exact) mass is 459 g/mol. The molecule has 0 saturated carbocycles. The van der Waals surface area contributed by atoms with E-state index in [2.05, 4.69) is 146 Å². The van der Waals surface area contributed by atoms with Crippen molar-refractivity contribution in [2.24, 2.45) is 0 Å². The van der Waals surface area contributed by atoms with Crippen LogP contribution in [0.3, 0.4) is 0 Å². The van der Waals surface area contributed by atoms with Gasteiger partial charge in [0.05, 0.1) is 5.69 Å². The van der Waals surface area contributed by atoms with Crippen LogP contribution < -0.4 is 0 Å². The predicted molar refractivity (Wildman–Crippen MR) is 152 cm³/mol. The number of hydrogen-bond donors (Lipinski definition) is 0. The van der Waals surface area contributed by atoms with Crippen molar-refractivity contribution in [1.82, 2.24) is 4.98 Å². The molecule has 1 aromatic heterocycles. The normalized spacial score (nSPS) is 11.5. The van der Waals surface area contributed by atoms with Crippen molar-refractivity contribution in [2.75, 3.05) is 0 Å². The second kappa shape index (κ2) is 9.85. The van der Waals surface area contributed by atoms with E-state index in [1.54, 1.807) is 0 Å². The Balaban J connectivity index is 1.65. The molecule has 6 aromatic rings. The van der Waals surface area contributed by atoms with Gasteiger partial charge in [0.25, 0.3) is 0 Å². The molecule has 0 saturated heterocycles. The third kappa shape index (κ3) is 4.23. The Morgan fingerprint density at radius 3 is 1.94 bits per heavy atom. The topological polar surface area (TPSA) is 12.9 Å². The molecule has 0 spiro atoms. The molecule has 0 amide bonds. The van der Waals surface area contributed by atoms with Gasteiger partial charge in [-0.05, 0) is 39.3 Å². The molecule has 5 aromatic carbocycles. The lowest BCUT2D eigenvalue weighted by atomic mass is 9.87. The highest BCUT2D eigenvalue weighted by Gasteiger charge is 2.18. The van der Waals surface area contributed by atoms with Crippen molar-refractivity contribution < 1.29 is 0 Å². The molecule has 0 unspecified atom stereocenters. The van der Waals surface area contributed by atoms with E-state index in [0.717, 1.165) is 27.8 Å². The summed E-state index contributed by atoms with van der Waals surface area (Å²) < 4.78 is 0. The van der Waals surface area contributed by atoms with Crippen molar-refractivity contribution in [3.05, 3.63) is 162 Å². The van der Waals surface area contributed by atoms with Gasteiger partial charge in [-0.1, -0.05) is 140 Å². The summed E-state index contributed by atoms with van der Waals surface area (Å²) in [7, 11) is 0. The van der Waals surface area contributed by atoms with E-state index < -0.39 is 0 Å². The molecule has 1 heterocycles. The van der Waals surface area contributed by atoms with Crippen LogP contribution in [0.1, 0.15) is 16.7 Å². The van der Waals surface area contributed by atoms with E-state index in [9.17, 15) is 0 Å². The Labute approximate surface area is 212 Å². The van der Waals surface area contributed by atoms with Crippen LogP contribution in [0.4, 0.5) is 0 Å². The maximum atomic E-state index is 5.07. The smallest absolute Gasteiger partial charge is 0.0793 e. The van der Waals surface area contributed by atoms with Crippen LogP contribution in [-0.4, -0.2) is 4.98 Å².